The second kappa shape index (κ2) is 6.41. The second-order valence-corrected chi connectivity index (χ2v) is 6.03. The Morgan fingerprint density at radius 2 is 1.81 bits per heavy atom. The van der Waals surface area contributed by atoms with Gasteiger partial charge < -0.3 is 15.3 Å². The van der Waals surface area contributed by atoms with Crippen LogP contribution in [0.4, 0.5) is 0 Å². The molecule has 2 unspecified atom stereocenters. The van der Waals surface area contributed by atoms with E-state index < -0.39 is 6.10 Å². The number of aliphatic hydroxyl groups is 1. The van der Waals surface area contributed by atoms with Crippen LogP contribution in [0.15, 0.2) is 22.6 Å². The van der Waals surface area contributed by atoms with E-state index in [4.69, 9.17) is 33.4 Å². The highest BCUT2D eigenvalue weighted by Crippen LogP contribution is 2.37. The molecule has 2 atom stereocenters. The maximum Gasteiger partial charge on any atom is 0.107 e. The molecule has 3 N–H and O–H groups in total. The standard InChI is InChI=1S/C16H19Cl2NO2/c1-8-9(2)21-10(3)15(8)16(20)12(7-19)11-4-5-13(17)14(18)6-11/h4-6,12,16,20H,7,19H2,1-3H3. The number of halogens is 2. The molecule has 2 aromatic rings. The molecule has 0 saturated heterocycles. The summed E-state index contributed by atoms with van der Waals surface area (Å²) in [6.45, 7) is 5.96. The molecule has 0 bridgehead atoms. The molecule has 1 aromatic carbocycles. The van der Waals surface area contributed by atoms with Crippen LogP contribution in [0.1, 0.15) is 40.2 Å². The fourth-order valence-electron chi connectivity index (χ4n) is 2.64. The smallest absolute Gasteiger partial charge is 0.107 e. The SMILES string of the molecule is Cc1oc(C)c(C(O)C(CN)c2ccc(Cl)c(Cl)c2)c1C. The zero-order chi connectivity index (χ0) is 15.7. The van der Waals surface area contributed by atoms with E-state index in [2.05, 4.69) is 0 Å². The van der Waals surface area contributed by atoms with Crippen LogP contribution in [0.3, 0.4) is 0 Å². The van der Waals surface area contributed by atoms with Crippen LogP contribution in [0.25, 0.3) is 0 Å². The van der Waals surface area contributed by atoms with Gasteiger partial charge in [0.15, 0.2) is 0 Å². The van der Waals surface area contributed by atoms with Crippen molar-refractivity contribution in [2.75, 3.05) is 6.54 Å². The molecule has 2 rings (SSSR count). The highest BCUT2D eigenvalue weighted by molar-refractivity contribution is 6.42. The topological polar surface area (TPSA) is 59.4 Å². The lowest BCUT2D eigenvalue weighted by molar-refractivity contribution is 0.145. The van der Waals surface area contributed by atoms with Crippen LogP contribution in [0.2, 0.25) is 10.0 Å². The number of nitrogens with two attached hydrogens (primary N) is 1. The Labute approximate surface area is 134 Å². The van der Waals surface area contributed by atoms with E-state index in [1.165, 1.54) is 0 Å². The molecule has 0 aliphatic carbocycles. The third-order valence-corrected chi connectivity index (χ3v) is 4.66. The summed E-state index contributed by atoms with van der Waals surface area (Å²) >= 11 is 12.0. The summed E-state index contributed by atoms with van der Waals surface area (Å²) in [7, 11) is 0. The van der Waals surface area contributed by atoms with Gasteiger partial charge in [-0.2, -0.15) is 0 Å². The van der Waals surface area contributed by atoms with Crippen LogP contribution in [-0.2, 0) is 0 Å². The predicted molar refractivity (Wildman–Crippen MR) is 86.1 cm³/mol. The predicted octanol–water partition coefficient (Wildman–Crippen LogP) is 4.29. The first-order valence-corrected chi connectivity index (χ1v) is 7.52. The summed E-state index contributed by atoms with van der Waals surface area (Å²) < 4.78 is 5.59. The van der Waals surface area contributed by atoms with Crippen LogP contribution >= 0.6 is 23.2 Å². The van der Waals surface area contributed by atoms with Crippen LogP contribution in [-0.4, -0.2) is 11.7 Å². The fraction of sp³-hybridized carbons (Fsp3) is 0.375. The van der Waals surface area contributed by atoms with E-state index in [9.17, 15) is 5.11 Å². The van der Waals surface area contributed by atoms with E-state index in [-0.39, 0.29) is 5.92 Å². The van der Waals surface area contributed by atoms with Crippen molar-refractivity contribution in [2.45, 2.75) is 32.8 Å². The lowest BCUT2D eigenvalue weighted by Gasteiger charge is -2.23. The molecular formula is C16H19Cl2NO2. The Hall–Kier alpha value is -1.000. The van der Waals surface area contributed by atoms with Crippen molar-refractivity contribution >= 4 is 23.2 Å². The zero-order valence-corrected chi connectivity index (χ0v) is 13.8. The number of hydrogen-bond donors (Lipinski definition) is 2. The molecule has 114 valence electrons. The first-order chi connectivity index (χ1) is 9.86. The van der Waals surface area contributed by atoms with Crippen molar-refractivity contribution in [3.63, 3.8) is 0 Å². The van der Waals surface area contributed by atoms with Gasteiger partial charge in [-0.05, 0) is 44.0 Å². The first kappa shape index (κ1) is 16.4. The number of aryl methyl sites for hydroxylation is 2. The Kier molecular flexibility index (Phi) is 4.99. The van der Waals surface area contributed by atoms with Crippen molar-refractivity contribution in [1.29, 1.82) is 0 Å². The normalized spacial score (nSPS) is 14.2. The second-order valence-electron chi connectivity index (χ2n) is 5.21. The summed E-state index contributed by atoms with van der Waals surface area (Å²) in [4.78, 5) is 0. The number of benzene rings is 1. The first-order valence-electron chi connectivity index (χ1n) is 6.76. The molecule has 0 saturated carbocycles. The van der Waals surface area contributed by atoms with Gasteiger partial charge in [-0.3, -0.25) is 0 Å². The van der Waals surface area contributed by atoms with Gasteiger partial charge in [0.05, 0.1) is 16.1 Å². The van der Waals surface area contributed by atoms with Crippen molar-refractivity contribution in [2.24, 2.45) is 5.73 Å². The maximum absolute atomic E-state index is 10.8. The summed E-state index contributed by atoms with van der Waals surface area (Å²) in [5, 5.41) is 11.7. The van der Waals surface area contributed by atoms with Gasteiger partial charge in [-0.25, -0.2) is 0 Å². The molecule has 0 amide bonds. The van der Waals surface area contributed by atoms with Crippen molar-refractivity contribution < 1.29 is 9.52 Å². The van der Waals surface area contributed by atoms with Crippen molar-refractivity contribution in [1.82, 2.24) is 0 Å². The molecular weight excluding hydrogens is 309 g/mol. The molecule has 0 aliphatic rings. The lowest BCUT2D eigenvalue weighted by atomic mass is 9.87. The largest absolute Gasteiger partial charge is 0.466 e. The fourth-order valence-corrected chi connectivity index (χ4v) is 2.94. The summed E-state index contributed by atoms with van der Waals surface area (Å²) in [6.07, 6.45) is -0.746. The Morgan fingerprint density at radius 1 is 1.14 bits per heavy atom. The average molecular weight is 328 g/mol. The van der Waals surface area contributed by atoms with E-state index in [1.54, 1.807) is 12.1 Å². The summed E-state index contributed by atoms with van der Waals surface area (Å²) in [6, 6.07) is 5.31. The van der Waals surface area contributed by atoms with Gasteiger partial charge in [0, 0.05) is 18.0 Å². The van der Waals surface area contributed by atoms with E-state index in [0.29, 0.717) is 16.6 Å². The quantitative estimate of drug-likeness (QED) is 0.880. The van der Waals surface area contributed by atoms with Gasteiger partial charge in [0.25, 0.3) is 0 Å². The minimum absolute atomic E-state index is 0.269. The maximum atomic E-state index is 10.8. The van der Waals surface area contributed by atoms with Gasteiger partial charge in [0.1, 0.15) is 11.5 Å². The average Bonchev–Trinajstić information content (AvgIpc) is 2.68. The molecule has 5 heteroatoms. The van der Waals surface area contributed by atoms with Crippen LogP contribution < -0.4 is 5.73 Å². The minimum atomic E-state index is -0.746. The Morgan fingerprint density at radius 3 is 2.29 bits per heavy atom. The molecule has 0 radical (unpaired) electrons. The van der Waals surface area contributed by atoms with Gasteiger partial charge in [-0.15, -0.1) is 0 Å². The number of hydrogen-bond acceptors (Lipinski definition) is 3. The summed E-state index contributed by atoms with van der Waals surface area (Å²) in [5.74, 6) is 1.26. The van der Waals surface area contributed by atoms with Crippen molar-refractivity contribution in [3.05, 3.63) is 56.5 Å². The van der Waals surface area contributed by atoms with Crippen LogP contribution in [0.5, 0.6) is 0 Å². The number of rotatable bonds is 4. The molecule has 0 spiro atoms. The molecule has 21 heavy (non-hydrogen) atoms. The van der Waals surface area contributed by atoms with E-state index >= 15 is 0 Å². The third-order valence-electron chi connectivity index (χ3n) is 3.92. The van der Waals surface area contributed by atoms with E-state index in [1.807, 2.05) is 26.8 Å². The van der Waals surface area contributed by atoms with E-state index in [0.717, 1.165) is 28.2 Å². The molecule has 0 aliphatic heterocycles. The monoisotopic (exact) mass is 327 g/mol. The number of aliphatic hydroxyl groups excluding tert-OH is 1. The molecule has 0 fully saturated rings. The highest BCUT2D eigenvalue weighted by atomic mass is 35.5. The molecule has 1 heterocycles. The molecule has 1 aromatic heterocycles. The van der Waals surface area contributed by atoms with Gasteiger partial charge >= 0.3 is 0 Å². The summed E-state index contributed by atoms with van der Waals surface area (Å²) in [5.41, 5.74) is 8.49. The third kappa shape index (κ3) is 3.11. The van der Waals surface area contributed by atoms with Gasteiger partial charge in [-0.1, -0.05) is 29.3 Å². The van der Waals surface area contributed by atoms with Crippen LogP contribution in [0, 0.1) is 20.8 Å². The van der Waals surface area contributed by atoms with Gasteiger partial charge in [0.2, 0.25) is 0 Å². The zero-order valence-electron chi connectivity index (χ0n) is 12.3. The highest BCUT2D eigenvalue weighted by Gasteiger charge is 2.27. The lowest BCUT2D eigenvalue weighted by Crippen LogP contribution is -2.21. The molecule has 3 nitrogen and oxygen atoms in total. The Bertz CT molecular complexity index is 652. The number of furan rings is 1. The van der Waals surface area contributed by atoms with Crippen molar-refractivity contribution in [3.8, 4) is 0 Å². The minimum Gasteiger partial charge on any atom is -0.466 e. The Balaban J connectivity index is 2.42.